The van der Waals surface area contributed by atoms with Crippen LogP contribution in [0.3, 0.4) is 0 Å². The summed E-state index contributed by atoms with van der Waals surface area (Å²) in [5, 5.41) is 3.22. The number of halogens is 1. The minimum atomic E-state index is -4.43. The number of piperidine rings is 1. The first-order valence-electron chi connectivity index (χ1n) is 5.27. The maximum absolute atomic E-state index is 12.7. The van der Waals surface area contributed by atoms with E-state index in [1.54, 1.807) is 0 Å². The number of ether oxygens (including phenoxy) is 1. The molecule has 1 spiro atoms. The monoisotopic (exact) mass is 237 g/mol. The average Bonchev–Trinajstić information content (AvgIpc) is 2.48. The van der Waals surface area contributed by atoms with Crippen LogP contribution in [-0.2, 0) is 15.0 Å². The quantitative estimate of drug-likeness (QED) is 0.708. The van der Waals surface area contributed by atoms with Crippen LogP contribution in [0.2, 0.25) is 0 Å². The van der Waals surface area contributed by atoms with Gasteiger partial charge >= 0.3 is 10.2 Å². The summed E-state index contributed by atoms with van der Waals surface area (Å²) in [5.41, 5.74) is -0.107. The van der Waals surface area contributed by atoms with Gasteiger partial charge in [-0.15, -0.1) is 3.89 Å². The van der Waals surface area contributed by atoms with E-state index in [0.717, 1.165) is 32.4 Å². The lowest BCUT2D eigenvalue weighted by Gasteiger charge is -2.37. The summed E-state index contributed by atoms with van der Waals surface area (Å²) in [6, 6.07) is 0. The van der Waals surface area contributed by atoms with Crippen LogP contribution >= 0.6 is 0 Å². The summed E-state index contributed by atoms with van der Waals surface area (Å²) in [7, 11) is -4.43. The zero-order valence-electron chi connectivity index (χ0n) is 8.54. The summed E-state index contributed by atoms with van der Waals surface area (Å²) in [4.78, 5) is 0. The molecule has 1 unspecified atom stereocenters. The molecule has 4 nitrogen and oxygen atoms in total. The zero-order chi connectivity index (χ0) is 10.9. The fourth-order valence-electron chi connectivity index (χ4n) is 2.64. The molecule has 0 aromatic carbocycles. The molecule has 6 heteroatoms. The highest BCUT2D eigenvalue weighted by Gasteiger charge is 2.46. The number of hydrogen-bond donors (Lipinski definition) is 1. The lowest BCUT2D eigenvalue weighted by molar-refractivity contribution is 0.0480. The van der Waals surface area contributed by atoms with E-state index in [1.807, 2.05) is 0 Å². The second-order valence-electron chi connectivity index (χ2n) is 4.43. The molecule has 0 radical (unpaired) electrons. The summed E-state index contributed by atoms with van der Waals surface area (Å²) in [5.74, 6) is -0.479. The van der Waals surface area contributed by atoms with Crippen molar-refractivity contribution in [2.45, 2.75) is 25.4 Å². The summed E-state index contributed by atoms with van der Waals surface area (Å²) in [6.45, 7) is 2.29. The van der Waals surface area contributed by atoms with Gasteiger partial charge in [0.05, 0.1) is 6.10 Å². The third kappa shape index (κ3) is 2.49. The Kier molecular flexibility index (Phi) is 3.00. The van der Waals surface area contributed by atoms with Crippen LogP contribution in [0.4, 0.5) is 3.89 Å². The largest absolute Gasteiger partial charge is 0.376 e. The molecule has 15 heavy (non-hydrogen) atoms. The molecular weight excluding hydrogens is 221 g/mol. The summed E-state index contributed by atoms with van der Waals surface area (Å²) >= 11 is 0. The predicted octanol–water partition coefficient (Wildman–Crippen LogP) is 0.444. The van der Waals surface area contributed by atoms with Gasteiger partial charge in [0.25, 0.3) is 0 Å². The number of rotatable bonds is 2. The van der Waals surface area contributed by atoms with E-state index in [9.17, 15) is 12.3 Å². The highest BCUT2D eigenvalue weighted by molar-refractivity contribution is 7.86. The highest BCUT2D eigenvalue weighted by Crippen LogP contribution is 2.43. The fourth-order valence-corrected chi connectivity index (χ4v) is 3.46. The van der Waals surface area contributed by atoms with Crippen molar-refractivity contribution in [1.29, 1.82) is 0 Å². The van der Waals surface area contributed by atoms with Gasteiger partial charge in [-0.2, -0.15) is 8.42 Å². The molecule has 0 aromatic rings. The van der Waals surface area contributed by atoms with Crippen molar-refractivity contribution in [3.63, 3.8) is 0 Å². The molecule has 0 aliphatic carbocycles. The molecule has 2 rings (SSSR count). The van der Waals surface area contributed by atoms with E-state index in [-0.39, 0.29) is 5.41 Å². The Balaban J connectivity index is 2.10. The van der Waals surface area contributed by atoms with Crippen LogP contribution in [0.1, 0.15) is 19.3 Å². The van der Waals surface area contributed by atoms with Crippen LogP contribution in [0.25, 0.3) is 0 Å². The van der Waals surface area contributed by atoms with Gasteiger partial charge in [-0.25, -0.2) is 0 Å². The molecule has 2 aliphatic heterocycles. The van der Waals surface area contributed by atoms with Crippen molar-refractivity contribution in [2.24, 2.45) is 5.41 Å². The Bertz CT molecular complexity index is 324. The van der Waals surface area contributed by atoms with Crippen LogP contribution in [0.5, 0.6) is 0 Å². The Morgan fingerprint density at radius 1 is 1.33 bits per heavy atom. The molecule has 0 bridgehead atoms. The highest BCUT2D eigenvalue weighted by atomic mass is 32.3. The minimum absolute atomic E-state index is 0.107. The topological polar surface area (TPSA) is 55.4 Å². The Hall–Kier alpha value is -0.200. The van der Waals surface area contributed by atoms with Gasteiger partial charge in [-0.05, 0) is 32.4 Å². The van der Waals surface area contributed by atoms with Crippen molar-refractivity contribution in [3.8, 4) is 0 Å². The van der Waals surface area contributed by atoms with Crippen LogP contribution in [0.15, 0.2) is 0 Å². The molecule has 2 heterocycles. The number of hydrogen-bond acceptors (Lipinski definition) is 4. The lowest BCUT2D eigenvalue weighted by atomic mass is 9.74. The van der Waals surface area contributed by atoms with Crippen molar-refractivity contribution in [1.82, 2.24) is 5.32 Å². The Morgan fingerprint density at radius 3 is 2.60 bits per heavy atom. The lowest BCUT2D eigenvalue weighted by Crippen LogP contribution is -2.44. The van der Waals surface area contributed by atoms with Crippen molar-refractivity contribution < 1.29 is 17.0 Å². The van der Waals surface area contributed by atoms with Gasteiger partial charge in [-0.1, -0.05) is 0 Å². The van der Waals surface area contributed by atoms with Gasteiger partial charge in [0.15, 0.2) is 0 Å². The van der Waals surface area contributed by atoms with E-state index < -0.39 is 22.1 Å². The van der Waals surface area contributed by atoms with Gasteiger partial charge < -0.3 is 10.1 Å². The van der Waals surface area contributed by atoms with Crippen LogP contribution < -0.4 is 5.32 Å². The number of nitrogens with one attached hydrogen (secondary N) is 1. The fraction of sp³-hybridized carbons (Fsp3) is 1.00. The van der Waals surface area contributed by atoms with Gasteiger partial charge in [-0.3, -0.25) is 0 Å². The normalized spacial score (nSPS) is 30.9. The van der Waals surface area contributed by atoms with Gasteiger partial charge in [0.1, 0.15) is 5.75 Å². The zero-order valence-corrected chi connectivity index (χ0v) is 9.35. The molecule has 1 N–H and O–H groups in total. The van der Waals surface area contributed by atoms with E-state index in [2.05, 4.69) is 5.32 Å². The molecule has 0 saturated carbocycles. The molecule has 2 fully saturated rings. The van der Waals surface area contributed by atoms with Gasteiger partial charge in [0.2, 0.25) is 0 Å². The Morgan fingerprint density at radius 2 is 2.00 bits per heavy atom. The molecule has 0 amide bonds. The van der Waals surface area contributed by atoms with Crippen molar-refractivity contribution in [2.75, 3.05) is 25.4 Å². The van der Waals surface area contributed by atoms with E-state index in [4.69, 9.17) is 4.74 Å². The summed E-state index contributed by atoms with van der Waals surface area (Å²) in [6.07, 6.45) is 2.17. The average molecular weight is 237 g/mol. The summed E-state index contributed by atoms with van der Waals surface area (Å²) < 4.78 is 39.3. The maximum Gasteiger partial charge on any atom is 0.304 e. The molecule has 2 saturated heterocycles. The first-order chi connectivity index (χ1) is 7.02. The Labute approximate surface area is 89.4 Å². The SMILES string of the molecule is O=S(=O)(F)CC1OCCC12CCNCC2. The molecule has 1 atom stereocenters. The van der Waals surface area contributed by atoms with Gasteiger partial charge in [0, 0.05) is 12.0 Å². The molecular formula is C9H16FNO3S. The smallest absolute Gasteiger partial charge is 0.304 e. The van der Waals surface area contributed by atoms with Crippen LogP contribution in [-0.4, -0.2) is 40.0 Å². The second-order valence-corrected chi connectivity index (χ2v) is 5.84. The van der Waals surface area contributed by atoms with E-state index in [0.29, 0.717) is 6.61 Å². The van der Waals surface area contributed by atoms with Crippen LogP contribution in [0, 0.1) is 5.41 Å². The predicted molar refractivity (Wildman–Crippen MR) is 53.8 cm³/mol. The van der Waals surface area contributed by atoms with Crippen molar-refractivity contribution >= 4 is 10.2 Å². The third-order valence-electron chi connectivity index (χ3n) is 3.55. The third-order valence-corrected chi connectivity index (χ3v) is 4.25. The maximum atomic E-state index is 12.7. The first kappa shape index (κ1) is 11.3. The van der Waals surface area contributed by atoms with E-state index in [1.165, 1.54) is 0 Å². The molecule has 2 aliphatic rings. The standard InChI is InChI=1S/C9H16FNO3S/c10-15(12,13)7-8-9(3-6-14-8)1-4-11-5-2-9/h8,11H,1-7H2. The van der Waals surface area contributed by atoms with E-state index >= 15 is 0 Å². The second kappa shape index (κ2) is 3.99. The minimum Gasteiger partial charge on any atom is -0.376 e. The first-order valence-corrected chi connectivity index (χ1v) is 6.82. The molecule has 88 valence electrons. The van der Waals surface area contributed by atoms with Crippen molar-refractivity contribution in [3.05, 3.63) is 0 Å². The molecule has 0 aromatic heterocycles.